The first-order valence-corrected chi connectivity index (χ1v) is 8.63. The summed E-state index contributed by atoms with van der Waals surface area (Å²) in [5.74, 6) is 0. The zero-order chi connectivity index (χ0) is 16.7. The summed E-state index contributed by atoms with van der Waals surface area (Å²) in [5, 5.41) is 6.09. The summed E-state index contributed by atoms with van der Waals surface area (Å²) in [6.07, 6.45) is 1.64. The lowest BCUT2D eigenvalue weighted by molar-refractivity contribution is -0.105. The highest BCUT2D eigenvalue weighted by Crippen LogP contribution is 2.34. The minimum absolute atomic E-state index is 0.669. The van der Waals surface area contributed by atoms with Gasteiger partial charge < -0.3 is 10.6 Å². The second-order valence-corrected chi connectivity index (χ2v) is 6.33. The minimum Gasteiger partial charge on any atom is -0.383 e. The molecule has 0 bridgehead atoms. The highest BCUT2D eigenvalue weighted by Gasteiger charge is 2.11. The topological polar surface area (TPSA) is 70.2 Å². The quantitative estimate of drug-likeness (QED) is 0.651. The van der Waals surface area contributed by atoms with E-state index < -0.39 is 11.0 Å². The number of nitrogens with one attached hydrogen (secondary N) is 3. The van der Waals surface area contributed by atoms with Crippen molar-refractivity contribution in [2.24, 2.45) is 0 Å². The average Bonchev–Trinajstić information content (AvgIpc) is 2.60. The summed E-state index contributed by atoms with van der Waals surface area (Å²) in [6, 6.07) is 13.3. The molecule has 1 amide bonds. The molecule has 0 saturated carbocycles. The van der Waals surface area contributed by atoms with Crippen LogP contribution in [0.5, 0.6) is 0 Å². The Morgan fingerprint density at radius 3 is 2.65 bits per heavy atom. The van der Waals surface area contributed by atoms with Gasteiger partial charge in [-0.2, -0.15) is 0 Å². The number of carbonyl (C=O) groups is 1. The molecule has 2 aromatic rings. The van der Waals surface area contributed by atoms with Crippen molar-refractivity contribution < 1.29 is 9.00 Å². The number of para-hydroxylation sites is 1. The van der Waals surface area contributed by atoms with E-state index in [-0.39, 0.29) is 0 Å². The number of hydrogen-bond acceptors (Lipinski definition) is 3. The Kier molecular flexibility index (Phi) is 6.31. The van der Waals surface area contributed by atoms with Crippen molar-refractivity contribution >= 4 is 28.8 Å². The van der Waals surface area contributed by atoms with Crippen LogP contribution in [0, 0.1) is 0 Å². The van der Waals surface area contributed by atoms with Crippen LogP contribution in [0.25, 0.3) is 11.1 Å². The number of rotatable bonds is 8. The largest absolute Gasteiger partial charge is 0.383 e. The number of hydrogen-bond donors (Lipinski definition) is 3. The second kappa shape index (κ2) is 8.45. The first-order valence-electron chi connectivity index (χ1n) is 7.48. The molecule has 122 valence electrons. The van der Waals surface area contributed by atoms with E-state index in [1.165, 1.54) is 0 Å². The van der Waals surface area contributed by atoms with Gasteiger partial charge in [0.25, 0.3) is 0 Å². The maximum Gasteiger partial charge on any atom is 0.211 e. The molecule has 0 fully saturated rings. The van der Waals surface area contributed by atoms with Gasteiger partial charge in [-0.05, 0) is 37.2 Å². The van der Waals surface area contributed by atoms with Crippen molar-refractivity contribution in [2.75, 3.05) is 24.2 Å². The fraction of sp³-hybridized carbons (Fsp3) is 0.235. The first-order chi connectivity index (χ1) is 11.2. The molecule has 0 radical (unpaired) electrons. The van der Waals surface area contributed by atoms with Crippen LogP contribution >= 0.6 is 0 Å². The molecule has 0 aliphatic rings. The first kappa shape index (κ1) is 17.2. The Bertz CT molecular complexity index is 704. The lowest BCUT2D eigenvalue weighted by Crippen LogP contribution is -2.10. The molecule has 0 aliphatic heterocycles. The van der Waals surface area contributed by atoms with Crippen molar-refractivity contribution in [3.05, 3.63) is 42.5 Å². The van der Waals surface area contributed by atoms with Crippen LogP contribution < -0.4 is 15.4 Å². The molecule has 2 rings (SSSR count). The average molecular weight is 331 g/mol. The lowest BCUT2D eigenvalue weighted by Gasteiger charge is -2.16. The van der Waals surface area contributed by atoms with E-state index >= 15 is 0 Å². The van der Waals surface area contributed by atoms with E-state index in [0.29, 0.717) is 11.3 Å². The number of benzene rings is 2. The smallest absolute Gasteiger partial charge is 0.211 e. The Morgan fingerprint density at radius 1 is 1.17 bits per heavy atom. The fourth-order valence-electron chi connectivity index (χ4n) is 2.31. The van der Waals surface area contributed by atoms with Crippen molar-refractivity contribution in [3.8, 4) is 11.1 Å². The van der Waals surface area contributed by atoms with Crippen LogP contribution in [0.1, 0.15) is 13.3 Å². The molecule has 23 heavy (non-hydrogen) atoms. The third kappa shape index (κ3) is 4.18. The van der Waals surface area contributed by atoms with Gasteiger partial charge in [-0.3, -0.25) is 4.79 Å². The van der Waals surface area contributed by atoms with Gasteiger partial charge in [0.15, 0.2) is 0 Å². The van der Waals surface area contributed by atoms with Crippen molar-refractivity contribution in [1.29, 1.82) is 0 Å². The van der Waals surface area contributed by atoms with Gasteiger partial charge in [0.1, 0.15) is 11.0 Å². The molecule has 1 atom stereocenters. The third-order valence-electron chi connectivity index (χ3n) is 3.38. The van der Waals surface area contributed by atoms with Crippen LogP contribution in [-0.4, -0.2) is 24.2 Å². The van der Waals surface area contributed by atoms with Crippen LogP contribution in [-0.2, 0) is 15.8 Å². The molecule has 3 N–H and O–H groups in total. The van der Waals surface area contributed by atoms with E-state index in [1.54, 1.807) is 7.05 Å². The summed E-state index contributed by atoms with van der Waals surface area (Å²) in [6.45, 7) is 2.88. The van der Waals surface area contributed by atoms with Gasteiger partial charge in [-0.25, -0.2) is 8.93 Å². The summed E-state index contributed by atoms with van der Waals surface area (Å²) < 4.78 is 14.7. The second-order valence-electron chi connectivity index (χ2n) is 4.92. The molecule has 0 aliphatic carbocycles. The van der Waals surface area contributed by atoms with Crippen molar-refractivity contribution in [2.45, 2.75) is 18.2 Å². The van der Waals surface area contributed by atoms with E-state index in [9.17, 15) is 9.00 Å². The molecule has 0 spiro atoms. The van der Waals surface area contributed by atoms with Crippen LogP contribution in [0.2, 0.25) is 0 Å². The standard InChI is InChI=1S/C17H21N3O2S/c1-3-10-19-17-15(8-5-9-16(17)20-12-21)13-6-4-7-14(11-13)23(22)18-2/h4-9,11-12,18-19H,3,10H2,1-2H3,(H,20,21). The molecule has 0 heterocycles. The lowest BCUT2D eigenvalue weighted by atomic mass is 10.0. The maximum absolute atomic E-state index is 11.9. The Morgan fingerprint density at radius 2 is 1.96 bits per heavy atom. The van der Waals surface area contributed by atoms with Crippen LogP contribution in [0.3, 0.4) is 0 Å². The highest BCUT2D eigenvalue weighted by atomic mass is 32.2. The molecule has 1 unspecified atom stereocenters. The number of carbonyl (C=O) groups excluding carboxylic acids is 1. The Hall–Kier alpha value is -2.18. The molecular formula is C17H21N3O2S. The molecule has 0 saturated heterocycles. The van der Waals surface area contributed by atoms with Gasteiger partial charge in [-0.1, -0.05) is 31.2 Å². The van der Waals surface area contributed by atoms with E-state index in [1.807, 2.05) is 42.5 Å². The molecule has 0 aromatic heterocycles. The summed E-state index contributed by atoms with van der Waals surface area (Å²) >= 11 is 0. The normalized spacial score (nSPS) is 11.7. The minimum atomic E-state index is -1.24. The van der Waals surface area contributed by atoms with Crippen LogP contribution in [0.4, 0.5) is 11.4 Å². The third-order valence-corrected chi connectivity index (χ3v) is 4.43. The van der Waals surface area contributed by atoms with Crippen molar-refractivity contribution in [1.82, 2.24) is 4.72 Å². The van der Waals surface area contributed by atoms with Gasteiger partial charge >= 0.3 is 0 Å². The zero-order valence-corrected chi connectivity index (χ0v) is 14.1. The van der Waals surface area contributed by atoms with E-state index in [4.69, 9.17) is 0 Å². The van der Waals surface area contributed by atoms with Gasteiger partial charge in [0.2, 0.25) is 6.41 Å². The van der Waals surface area contributed by atoms with Gasteiger partial charge in [0, 0.05) is 12.1 Å². The summed E-state index contributed by atoms with van der Waals surface area (Å²) in [5.41, 5.74) is 3.50. The maximum atomic E-state index is 11.9. The predicted molar refractivity (Wildman–Crippen MR) is 95.8 cm³/mol. The Labute approximate surface area is 139 Å². The molecule has 6 heteroatoms. The summed E-state index contributed by atoms with van der Waals surface area (Å²) in [7, 11) is 0.421. The highest BCUT2D eigenvalue weighted by molar-refractivity contribution is 7.83. The Balaban J connectivity index is 2.51. The molecule has 5 nitrogen and oxygen atoms in total. The monoisotopic (exact) mass is 331 g/mol. The number of anilines is 2. The van der Waals surface area contributed by atoms with Crippen molar-refractivity contribution in [3.63, 3.8) is 0 Å². The van der Waals surface area contributed by atoms with E-state index in [0.717, 1.165) is 35.5 Å². The molecular weight excluding hydrogens is 310 g/mol. The zero-order valence-electron chi connectivity index (χ0n) is 13.3. The van der Waals surface area contributed by atoms with Gasteiger partial charge in [0.05, 0.1) is 16.3 Å². The molecule has 2 aromatic carbocycles. The predicted octanol–water partition coefficient (Wildman–Crippen LogP) is 2.99. The number of amides is 1. The van der Waals surface area contributed by atoms with Gasteiger partial charge in [-0.15, -0.1) is 0 Å². The van der Waals surface area contributed by atoms with E-state index in [2.05, 4.69) is 22.3 Å². The van der Waals surface area contributed by atoms with Crippen LogP contribution in [0.15, 0.2) is 47.4 Å². The summed E-state index contributed by atoms with van der Waals surface area (Å²) in [4.78, 5) is 11.6. The SMILES string of the molecule is CCCNc1c(NC=O)cccc1-c1cccc(S(=O)NC)c1. The fourth-order valence-corrected chi connectivity index (χ4v) is 2.99.